The van der Waals surface area contributed by atoms with Gasteiger partial charge in [-0.05, 0) is 26.9 Å². The Kier molecular flexibility index (Phi) is 5.88. The van der Waals surface area contributed by atoms with Crippen LogP contribution in [-0.4, -0.2) is 64.9 Å². The minimum Gasteiger partial charge on any atom is -0.341 e. The number of imidazole rings is 1. The van der Waals surface area contributed by atoms with Crippen LogP contribution in [0.3, 0.4) is 0 Å². The van der Waals surface area contributed by atoms with E-state index in [0.717, 1.165) is 25.9 Å². The molecule has 0 aliphatic carbocycles. The number of aryl methyl sites for hydroxylation is 1. The van der Waals surface area contributed by atoms with E-state index in [4.69, 9.17) is 0 Å². The SMILES string of the molecule is CN(C)[C@@H]1CCCN(C(=O)CCc2nccn2CC(F)F)C1. The molecule has 1 atom stereocenters. The van der Waals surface area contributed by atoms with Gasteiger partial charge >= 0.3 is 0 Å². The Morgan fingerprint density at radius 1 is 1.50 bits per heavy atom. The smallest absolute Gasteiger partial charge is 0.256 e. The summed E-state index contributed by atoms with van der Waals surface area (Å²) in [4.78, 5) is 20.4. The van der Waals surface area contributed by atoms with Crippen molar-refractivity contribution in [1.82, 2.24) is 19.4 Å². The molecule has 7 heteroatoms. The molecule has 0 unspecified atom stereocenters. The third kappa shape index (κ3) is 4.50. The highest BCUT2D eigenvalue weighted by atomic mass is 19.3. The van der Waals surface area contributed by atoms with Gasteiger partial charge in [-0.1, -0.05) is 0 Å². The number of nitrogens with zero attached hydrogens (tertiary/aromatic N) is 4. The third-order valence-corrected chi connectivity index (χ3v) is 4.18. The highest BCUT2D eigenvalue weighted by molar-refractivity contribution is 5.76. The van der Waals surface area contributed by atoms with Crippen molar-refractivity contribution >= 4 is 5.91 Å². The number of alkyl halides is 2. The quantitative estimate of drug-likeness (QED) is 0.801. The van der Waals surface area contributed by atoms with E-state index in [2.05, 4.69) is 9.88 Å². The van der Waals surface area contributed by atoms with Gasteiger partial charge < -0.3 is 14.4 Å². The average Bonchev–Trinajstić information content (AvgIpc) is 2.91. The predicted octanol–water partition coefficient (Wildman–Crippen LogP) is 1.63. The first kappa shape index (κ1) is 16.9. The number of likely N-dealkylation sites (tertiary alicyclic amines) is 1. The number of halogens is 2. The van der Waals surface area contributed by atoms with E-state index in [0.29, 0.717) is 24.7 Å². The molecule has 22 heavy (non-hydrogen) atoms. The molecule has 1 aromatic heterocycles. The van der Waals surface area contributed by atoms with Crippen molar-refractivity contribution in [3.05, 3.63) is 18.2 Å². The molecular formula is C15H24F2N4O. The number of piperidine rings is 1. The molecule has 0 aromatic carbocycles. The number of hydrogen-bond acceptors (Lipinski definition) is 3. The van der Waals surface area contributed by atoms with Gasteiger partial charge in [0.2, 0.25) is 5.91 Å². The Balaban J connectivity index is 1.86. The maximum atomic E-state index is 12.5. The zero-order valence-corrected chi connectivity index (χ0v) is 13.2. The molecule has 2 heterocycles. The van der Waals surface area contributed by atoms with Crippen LogP contribution in [0.15, 0.2) is 12.4 Å². The maximum Gasteiger partial charge on any atom is 0.256 e. The van der Waals surface area contributed by atoms with Gasteiger partial charge in [0.1, 0.15) is 5.82 Å². The van der Waals surface area contributed by atoms with Crippen molar-refractivity contribution in [2.24, 2.45) is 0 Å². The Hall–Kier alpha value is -1.50. The van der Waals surface area contributed by atoms with Gasteiger partial charge in [-0.25, -0.2) is 13.8 Å². The van der Waals surface area contributed by atoms with Crippen LogP contribution in [0.1, 0.15) is 25.1 Å². The van der Waals surface area contributed by atoms with E-state index in [9.17, 15) is 13.6 Å². The van der Waals surface area contributed by atoms with E-state index >= 15 is 0 Å². The van der Waals surface area contributed by atoms with Gasteiger partial charge in [0.05, 0.1) is 6.54 Å². The molecule has 1 fully saturated rings. The highest BCUT2D eigenvalue weighted by Crippen LogP contribution is 2.15. The second-order valence-corrected chi connectivity index (χ2v) is 5.99. The molecule has 0 saturated carbocycles. The van der Waals surface area contributed by atoms with Crippen LogP contribution >= 0.6 is 0 Å². The zero-order valence-electron chi connectivity index (χ0n) is 13.2. The summed E-state index contributed by atoms with van der Waals surface area (Å²) in [5.41, 5.74) is 0. The Labute approximate surface area is 129 Å². The van der Waals surface area contributed by atoms with Crippen LogP contribution in [0.25, 0.3) is 0 Å². The summed E-state index contributed by atoms with van der Waals surface area (Å²) in [7, 11) is 4.06. The first-order valence-corrected chi connectivity index (χ1v) is 7.69. The molecule has 0 bridgehead atoms. The second-order valence-electron chi connectivity index (χ2n) is 5.99. The van der Waals surface area contributed by atoms with Crippen LogP contribution in [-0.2, 0) is 17.8 Å². The average molecular weight is 314 g/mol. The highest BCUT2D eigenvalue weighted by Gasteiger charge is 2.24. The summed E-state index contributed by atoms with van der Waals surface area (Å²) in [6.45, 7) is 1.17. The normalized spacial score (nSPS) is 19.2. The molecule has 1 aromatic rings. The van der Waals surface area contributed by atoms with Crippen molar-refractivity contribution in [3.63, 3.8) is 0 Å². The molecule has 1 amide bonds. The minimum absolute atomic E-state index is 0.0816. The lowest BCUT2D eigenvalue weighted by molar-refractivity contribution is -0.133. The maximum absolute atomic E-state index is 12.5. The number of hydrogen-bond donors (Lipinski definition) is 0. The molecule has 1 aliphatic rings. The molecule has 124 valence electrons. The molecule has 0 N–H and O–H groups in total. The molecule has 1 saturated heterocycles. The number of rotatable bonds is 6. The summed E-state index contributed by atoms with van der Waals surface area (Å²) >= 11 is 0. The van der Waals surface area contributed by atoms with E-state index in [1.807, 2.05) is 19.0 Å². The van der Waals surface area contributed by atoms with Crippen molar-refractivity contribution in [3.8, 4) is 0 Å². The number of likely N-dealkylation sites (N-methyl/N-ethyl adjacent to an activating group) is 1. The number of aromatic nitrogens is 2. The fourth-order valence-electron chi connectivity index (χ4n) is 2.86. The van der Waals surface area contributed by atoms with Crippen LogP contribution in [0.4, 0.5) is 8.78 Å². The largest absolute Gasteiger partial charge is 0.341 e. The standard InChI is InChI=1S/C15H24F2N4O/c1-19(2)12-4-3-8-21(10-12)15(22)6-5-14-18-7-9-20(14)11-13(16)17/h7,9,12-13H,3-6,8,10-11H2,1-2H3/t12-/m1/s1. The Morgan fingerprint density at radius 2 is 2.27 bits per heavy atom. The van der Waals surface area contributed by atoms with E-state index in [-0.39, 0.29) is 12.5 Å². The van der Waals surface area contributed by atoms with Crippen LogP contribution in [0, 0.1) is 0 Å². The minimum atomic E-state index is -2.41. The van der Waals surface area contributed by atoms with Crippen molar-refractivity contribution in [2.45, 2.75) is 44.7 Å². The van der Waals surface area contributed by atoms with Gasteiger partial charge in [0.25, 0.3) is 6.43 Å². The molecule has 0 radical (unpaired) electrons. The summed E-state index contributed by atoms with van der Waals surface area (Å²) in [5, 5.41) is 0. The van der Waals surface area contributed by atoms with Crippen LogP contribution in [0.2, 0.25) is 0 Å². The number of carbonyl (C=O) groups excluding carboxylic acids is 1. The molecule has 1 aliphatic heterocycles. The summed E-state index contributed by atoms with van der Waals surface area (Å²) in [6.07, 6.45) is 3.47. The van der Waals surface area contributed by atoms with Gasteiger partial charge in [-0.15, -0.1) is 0 Å². The fourth-order valence-corrected chi connectivity index (χ4v) is 2.86. The van der Waals surface area contributed by atoms with Gasteiger partial charge in [-0.3, -0.25) is 4.79 Å². The van der Waals surface area contributed by atoms with E-state index < -0.39 is 6.43 Å². The predicted molar refractivity (Wildman–Crippen MR) is 79.8 cm³/mol. The molecule has 2 rings (SSSR count). The van der Waals surface area contributed by atoms with Crippen molar-refractivity contribution in [1.29, 1.82) is 0 Å². The lowest BCUT2D eigenvalue weighted by atomic mass is 10.0. The molecule has 0 spiro atoms. The van der Waals surface area contributed by atoms with Crippen molar-refractivity contribution in [2.75, 3.05) is 27.2 Å². The molecule has 5 nitrogen and oxygen atoms in total. The number of amides is 1. The topological polar surface area (TPSA) is 41.4 Å². The van der Waals surface area contributed by atoms with Crippen LogP contribution < -0.4 is 0 Å². The second kappa shape index (κ2) is 7.67. The lowest BCUT2D eigenvalue weighted by Gasteiger charge is -2.36. The molecular weight excluding hydrogens is 290 g/mol. The lowest BCUT2D eigenvalue weighted by Crippen LogP contribution is -2.47. The van der Waals surface area contributed by atoms with E-state index in [1.165, 1.54) is 17.0 Å². The first-order chi connectivity index (χ1) is 10.5. The first-order valence-electron chi connectivity index (χ1n) is 7.69. The van der Waals surface area contributed by atoms with Crippen molar-refractivity contribution < 1.29 is 13.6 Å². The van der Waals surface area contributed by atoms with E-state index in [1.54, 1.807) is 0 Å². The summed E-state index contributed by atoms with van der Waals surface area (Å²) in [6, 6.07) is 0.401. The van der Waals surface area contributed by atoms with Gasteiger partial charge in [0.15, 0.2) is 0 Å². The Bertz CT molecular complexity index is 490. The fraction of sp³-hybridized carbons (Fsp3) is 0.733. The third-order valence-electron chi connectivity index (χ3n) is 4.18. The van der Waals surface area contributed by atoms with Crippen LogP contribution in [0.5, 0.6) is 0 Å². The number of carbonyl (C=O) groups is 1. The van der Waals surface area contributed by atoms with Gasteiger partial charge in [-0.2, -0.15) is 0 Å². The summed E-state index contributed by atoms with van der Waals surface area (Å²) < 4.78 is 26.3. The summed E-state index contributed by atoms with van der Waals surface area (Å²) in [5.74, 6) is 0.632. The zero-order chi connectivity index (χ0) is 16.1. The van der Waals surface area contributed by atoms with Gasteiger partial charge in [0, 0.05) is 44.4 Å². The monoisotopic (exact) mass is 314 g/mol. The Morgan fingerprint density at radius 3 is 2.95 bits per heavy atom.